The molecule has 0 aromatic carbocycles. The summed E-state index contributed by atoms with van der Waals surface area (Å²) in [4.78, 5) is 0. The lowest BCUT2D eigenvalue weighted by Crippen LogP contribution is -2.44. The molecule has 7 heteroatoms. The van der Waals surface area contributed by atoms with Crippen molar-refractivity contribution in [1.82, 2.24) is 4.31 Å². The minimum Gasteiger partial charge on any atom is -0.409 e. The van der Waals surface area contributed by atoms with Gasteiger partial charge in [0.15, 0.2) is 0 Å². The fourth-order valence-electron chi connectivity index (χ4n) is 1.91. The van der Waals surface area contributed by atoms with Crippen LogP contribution in [0.15, 0.2) is 5.16 Å². The number of amidine groups is 1. The number of oxime groups is 1. The van der Waals surface area contributed by atoms with E-state index in [1.54, 1.807) is 0 Å². The van der Waals surface area contributed by atoms with Gasteiger partial charge in [0.1, 0.15) is 5.84 Å². The van der Waals surface area contributed by atoms with Crippen LogP contribution in [0.3, 0.4) is 0 Å². The van der Waals surface area contributed by atoms with Crippen molar-refractivity contribution in [3.8, 4) is 0 Å². The highest BCUT2D eigenvalue weighted by Crippen LogP contribution is 2.19. The van der Waals surface area contributed by atoms with Crippen LogP contribution < -0.4 is 5.73 Å². The van der Waals surface area contributed by atoms with E-state index >= 15 is 0 Å². The van der Waals surface area contributed by atoms with E-state index in [9.17, 15) is 8.42 Å². The monoisotopic (exact) mass is 249 g/mol. The Morgan fingerprint density at radius 2 is 2.31 bits per heavy atom. The van der Waals surface area contributed by atoms with E-state index in [2.05, 4.69) is 5.16 Å². The molecule has 1 atom stereocenters. The molecule has 0 radical (unpaired) electrons. The lowest BCUT2D eigenvalue weighted by atomic mass is 9.99. The maximum atomic E-state index is 11.8. The fraction of sp³-hybridized carbons (Fsp3) is 0.889. The Kier molecular flexibility index (Phi) is 4.55. The summed E-state index contributed by atoms with van der Waals surface area (Å²) < 4.78 is 25.1. The molecular weight excluding hydrogens is 230 g/mol. The van der Waals surface area contributed by atoms with Gasteiger partial charge in [-0.3, -0.25) is 0 Å². The summed E-state index contributed by atoms with van der Waals surface area (Å²) in [6, 6.07) is 0. The molecular formula is C9H19N3O3S. The number of nitrogens with zero attached hydrogens (tertiary/aromatic N) is 2. The van der Waals surface area contributed by atoms with Gasteiger partial charge in [-0.2, -0.15) is 0 Å². The van der Waals surface area contributed by atoms with E-state index in [1.807, 2.05) is 6.92 Å². The predicted octanol–water partition coefficient (Wildman–Crippen LogP) is 0.185. The molecule has 94 valence electrons. The number of piperidine rings is 1. The zero-order valence-corrected chi connectivity index (χ0v) is 10.3. The molecule has 0 amide bonds. The van der Waals surface area contributed by atoms with Crippen molar-refractivity contribution in [2.75, 3.05) is 18.8 Å². The number of hydrogen-bond acceptors (Lipinski definition) is 4. The van der Waals surface area contributed by atoms with Crippen molar-refractivity contribution >= 4 is 15.9 Å². The van der Waals surface area contributed by atoms with Gasteiger partial charge in [-0.05, 0) is 19.3 Å². The molecule has 0 spiro atoms. The van der Waals surface area contributed by atoms with Crippen molar-refractivity contribution in [2.45, 2.75) is 26.2 Å². The second kappa shape index (κ2) is 5.49. The largest absolute Gasteiger partial charge is 0.409 e. The average Bonchev–Trinajstić information content (AvgIpc) is 2.28. The highest BCUT2D eigenvalue weighted by molar-refractivity contribution is 7.89. The van der Waals surface area contributed by atoms with Gasteiger partial charge in [0, 0.05) is 19.0 Å². The molecule has 0 aliphatic carbocycles. The molecule has 1 fully saturated rings. The summed E-state index contributed by atoms with van der Waals surface area (Å²) in [5.41, 5.74) is 5.51. The number of rotatable bonds is 4. The Hall–Kier alpha value is -0.820. The van der Waals surface area contributed by atoms with Crippen LogP contribution in [-0.2, 0) is 10.0 Å². The molecule has 1 saturated heterocycles. The minimum atomic E-state index is -3.17. The molecule has 0 aromatic heterocycles. The van der Waals surface area contributed by atoms with Crippen LogP contribution in [0, 0.1) is 5.92 Å². The number of hydrogen-bond donors (Lipinski definition) is 2. The van der Waals surface area contributed by atoms with Gasteiger partial charge in [0.25, 0.3) is 0 Å². The van der Waals surface area contributed by atoms with Gasteiger partial charge in [0.05, 0.1) is 5.75 Å². The van der Waals surface area contributed by atoms with Crippen LogP contribution in [0.2, 0.25) is 0 Å². The third kappa shape index (κ3) is 3.08. The smallest absolute Gasteiger partial charge is 0.214 e. The van der Waals surface area contributed by atoms with E-state index in [4.69, 9.17) is 10.9 Å². The standard InChI is InChI=1S/C9H19N3O3S/c1-2-6-16(14,15)12-5-3-4-8(7-12)9(10)11-13/h8,13H,2-7H2,1H3,(H2,10,11). The molecule has 6 nitrogen and oxygen atoms in total. The van der Waals surface area contributed by atoms with Crippen molar-refractivity contribution in [2.24, 2.45) is 16.8 Å². The molecule has 3 N–H and O–H groups in total. The maximum absolute atomic E-state index is 11.8. The normalized spacial score (nSPS) is 24.6. The van der Waals surface area contributed by atoms with Crippen molar-refractivity contribution < 1.29 is 13.6 Å². The first-order valence-electron chi connectivity index (χ1n) is 5.46. The lowest BCUT2D eigenvalue weighted by Gasteiger charge is -2.31. The zero-order chi connectivity index (χ0) is 12.2. The van der Waals surface area contributed by atoms with Gasteiger partial charge in [-0.25, -0.2) is 12.7 Å². The molecule has 1 aliphatic heterocycles. The lowest BCUT2D eigenvalue weighted by molar-refractivity contribution is 0.287. The van der Waals surface area contributed by atoms with Crippen LogP contribution in [0.5, 0.6) is 0 Å². The Morgan fingerprint density at radius 1 is 1.62 bits per heavy atom. The van der Waals surface area contributed by atoms with Gasteiger partial charge in [0.2, 0.25) is 10.0 Å². The Labute approximate surface area is 96.2 Å². The van der Waals surface area contributed by atoms with Gasteiger partial charge >= 0.3 is 0 Å². The van der Waals surface area contributed by atoms with E-state index in [0.717, 1.165) is 12.8 Å². The first-order valence-corrected chi connectivity index (χ1v) is 7.07. The summed E-state index contributed by atoms with van der Waals surface area (Å²) in [5.74, 6) is 0.123. The summed E-state index contributed by atoms with van der Waals surface area (Å²) in [7, 11) is -3.17. The molecule has 1 aliphatic rings. The second-order valence-electron chi connectivity index (χ2n) is 4.04. The molecule has 1 rings (SSSR count). The maximum Gasteiger partial charge on any atom is 0.214 e. The third-order valence-electron chi connectivity index (χ3n) is 2.77. The summed E-state index contributed by atoms with van der Waals surface area (Å²) in [6.07, 6.45) is 2.13. The summed E-state index contributed by atoms with van der Waals surface area (Å²) >= 11 is 0. The quantitative estimate of drug-likeness (QED) is 0.321. The Balaban J connectivity index is 2.71. The molecule has 16 heavy (non-hydrogen) atoms. The molecule has 0 bridgehead atoms. The highest BCUT2D eigenvalue weighted by Gasteiger charge is 2.30. The molecule has 0 aromatic rings. The van der Waals surface area contributed by atoms with Gasteiger partial charge in [-0.15, -0.1) is 0 Å². The first kappa shape index (κ1) is 13.2. The van der Waals surface area contributed by atoms with E-state index in [1.165, 1.54) is 4.31 Å². The Bertz CT molecular complexity index is 353. The van der Waals surface area contributed by atoms with Crippen LogP contribution >= 0.6 is 0 Å². The first-order chi connectivity index (χ1) is 7.51. The fourth-order valence-corrected chi connectivity index (χ4v) is 3.49. The van der Waals surface area contributed by atoms with Crippen molar-refractivity contribution in [1.29, 1.82) is 0 Å². The minimum absolute atomic E-state index is 0.122. The number of sulfonamides is 1. The second-order valence-corrected chi connectivity index (χ2v) is 6.13. The Morgan fingerprint density at radius 3 is 2.88 bits per heavy atom. The zero-order valence-electron chi connectivity index (χ0n) is 9.46. The summed E-state index contributed by atoms with van der Waals surface area (Å²) in [6.45, 7) is 2.71. The molecule has 0 saturated carbocycles. The van der Waals surface area contributed by atoms with Crippen LogP contribution in [-0.4, -0.2) is 42.6 Å². The van der Waals surface area contributed by atoms with Gasteiger partial charge < -0.3 is 10.9 Å². The molecule has 1 heterocycles. The van der Waals surface area contributed by atoms with E-state index in [0.29, 0.717) is 19.5 Å². The molecule has 1 unspecified atom stereocenters. The predicted molar refractivity (Wildman–Crippen MR) is 61.8 cm³/mol. The van der Waals surface area contributed by atoms with E-state index < -0.39 is 10.0 Å². The summed E-state index contributed by atoms with van der Waals surface area (Å²) in [5, 5.41) is 11.5. The SMILES string of the molecule is CCCS(=O)(=O)N1CCCC(C(N)=NO)C1. The third-order valence-corrected chi connectivity index (χ3v) is 4.82. The van der Waals surface area contributed by atoms with Crippen LogP contribution in [0.4, 0.5) is 0 Å². The van der Waals surface area contributed by atoms with Gasteiger partial charge in [-0.1, -0.05) is 12.1 Å². The highest BCUT2D eigenvalue weighted by atomic mass is 32.2. The number of nitrogens with two attached hydrogens (primary N) is 1. The van der Waals surface area contributed by atoms with Crippen molar-refractivity contribution in [3.05, 3.63) is 0 Å². The topological polar surface area (TPSA) is 96.0 Å². The van der Waals surface area contributed by atoms with Crippen molar-refractivity contribution in [3.63, 3.8) is 0 Å². The average molecular weight is 249 g/mol. The van der Waals surface area contributed by atoms with Crippen LogP contribution in [0.1, 0.15) is 26.2 Å². The van der Waals surface area contributed by atoms with Crippen LogP contribution in [0.25, 0.3) is 0 Å². The van der Waals surface area contributed by atoms with E-state index in [-0.39, 0.29) is 17.5 Å².